The second kappa shape index (κ2) is 6.18. The van der Waals surface area contributed by atoms with Gasteiger partial charge in [-0.15, -0.1) is 11.3 Å². The maximum Gasteiger partial charge on any atom is 0.347 e. The lowest BCUT2D eigenvalue weighted by molar-refractivity contribution is 0.0700. The average molecular weight is 316 g/mol. The number of rotatable bonds is 4. The zero-order valence-electron chi connectivity index (χ0n) is 12.9. The normalized spacial score (nSPS) is 15.0. The largest absolute Gasteiger partial charge is 0.477 e. The molecule has 5 heteroatoms. The van der Waals surface area contributed by atoms with Crippen LogP contribution in [0, 0.1) is 0 Å². The van der Waals surface area contributed by atoms with Crippen molar-refractivity contribution in [2.24, 2.45) is 0 Å². The van der Waals surface area contributed by atoms with E-state index < -0.39 is 5.97 Å². The molecule has 0 spiro atoms. The number of thiazole rings is 1. The van der Waals surface area contributed by atoms with E-state index in [1.54, 1.807) is 0 Å². The molecule has 0 amide bonds. The van der Waals surface area contributed by atoms with E-state index in [0.29, 0.717) is 10.6 Å². The number of hydrogen-bond donors (Lipinski definition) is 1. The molecular weight excluding hydrogens is 296 g/mol. The van der Waals surface area contributed by atoms with Crippen LogP contribution in [0.5, 0.6) is 0 Å². The van der Waals surface area contributed by atoms with Gasteiger partial charge in [-0.3, -0.25) is 4.90 Å². The maximum absolute atomic E-state index is 11.4. The minimum Gasteiger partial charge on any atom is -0.477 e. The SMILES string of the molecule is CC(C)c1nc(CN2CCc3ccccc3C2)sc1C(=O)O. The van der Waals surface area contributed by atoms with Crippen molar-refractivity contribution in [3.8, 4) is 0 Å². The monoisotopic (exact) mass is 316 g/mol. The summed E-state index contributed by atoms with van der Waals surface area (Å²) >= 11 is 1.32. The van der Waals surface area contributed by atoms with Gasteiger partial charge in [-0.2, -0.15) is 0 Å². The van der Waals surface area contributed by atoms with Crippen LogP contribution < -0.4 is 0 Å². The van der Waals surface area contributed by atoms with Gasteiger partial charge in [-0.1, -0.05) is 38.1 Å². The Kier molecular flexibility index (Phi) is 4.27. The van der Waals surface area contributed by atoms with Crippen molar-refractivity contribution in [1.29, 1.82) is 0 Å². The van der Waals surface area contributed by atoms with Gasteiger partial charge in [0.25, 0.3) is 0 Å². The summed E-state index contributed by atoms with van der Waals surface area (Å²) in [5, 5.41) is 10.2. The highest BCUT2D eigenvalue weighted by Gasteiger charge is 2.22. The number of fused-ring (bicyclic) bond motifs is 1. The molecule has 1 aromatic carbocycles. The third kappa shape index (κ3) is 3.05. The number of benzene rings is 1. The van der Waals surface area contributed by atoms with Crippen LogP contribution in [-0.2, 0) is 19.5 Å². The van der Waals surface area contributed by atoms with Crippen molar-refractivity contribution < 1.29 is 9.90 Å². The van der Waals surface area contributed by atoms with Gasteiger partial charge in [0.05, 0.1) is 12.2 Å². The predicted octanol–water partition coefficient (Wildman–Crippen LogP) is 3.52. The van der Waals surface area contributed by atoms with Crippen LogP contribution in [0.2, 0.25) is 0 Å². The van der Waals surface area contributed by atoms with Crippen molar-refractivity contribution in [1.82, 2.24) is 9.88 Å². The molecule has 0 bridgehead atoms. The molecule has 0 saturated carbocycles. The Bertz CT molecular complexity index is 694. The summed E-state index contributed by atoms with van der Waals surface area (Å²) in [4.78, 5) is 18.7. The highest BCUT2D eigenvalue weighted by atomic mass is 32.1. The molecule has 3 rings (SSSR count). The number of carboxylic acid groups (broad SMARTS) is 1. The van der Waals surface area contributed by atoms with Crippen LogP contribution >= 0.6 is 11.3 Å². The highest BCUT2D eigenvalue weighted by molar-refractivity contribution is 7.13. The van der Waals surface area contributed by atoms with Crippen LogP contribution in [0.4, 0.5) is 0 Å². The molecule has 1 aliphatic rings. The molecule has 22 heavy (non-hydrogen) atoms. The van der Waals surface area contributed by atoms with Gasteiger partial charge in [0, 0.05) is 13.1 Å². The molecule has 2 heterocycles. The van der Waals surface area contributed by atoms with E-state index in [1.807, 2.05) is 13.8 Å². The smallest absolute Gasteiger partial charge is 0.347 e. The molecular formula is C17H20N2O2S. The quantitative estimate of drug-likeness (QED) is 0.937. The number of aromatic nitrogens is 1. The molecule has 1 N–H and O–H groups in total. The summed E-state index contributed by atoms with van der Waals surface area (Å²) in [7, 11) is 0. The molecule has 0 aliphatic carbocycles. The second-order valence-electron chi connectivity index (χ2n) is 6.01. The first-order valence-corrected chi connectivity index (χ1v) is 8.38. The Morgan fingerprint density at radius 1 is 1.36 bits per heavy atom. The number of carbonyl (C=O) groups is 1. The van der Waals surface area contributed by atoms with Crippen molar-refractivity contribution in [3.63, 3.8) is 0 Å². The Morgan fingerprint density at radius 2 is 2.09 bits per heavy atom. The van der Waals surface area contributed by atoms with Gasteiger partial charge in [-0.05, 0) is 23.5 Å². The third-order valence-corrected chi connectivity index (χ3v) is 5.05. The fourth-order valence-corrected chi connectivity index (χ4v) is 3.97. The molecule has 116 valence electrons. The van der Waals surface area contributed by atoms with Gasteiger partial charge < -0.3 is 5.11 Å². The number of hydrogen-bond acceptors (Lipinski definition) is 4. The molecule has 0 saturated heterocycles. The lowest BCUT2D eigenvalue weighted by Gasteiger charge is -2.27. The average Bonchev–Trinajstić information content (AvgIpc) is 2.91. The van der Waals surface area contributed by atoms with Gasteiger partial charge in [0.1, 0.15) is 9.88 Å². The summed E-state index contributed by atoms with van der Waals surface area (Å²) in [5.41, 5.74) is 3.50. The van der Waals surface area contributed by atoms with Gasteiger partial charge in [-0.25, -0.2) is 9.78 Å². The van der Waals surface area contributed by atoms with Crippen LogP contribution in [0.1, 0.15) is 51.3 Å². The minimum atomic E-state index is -0.864. The molecule has 2 aromatic rings. The third-order valence-electron chi connectivity index (χ3n) is 4.01. The summed E-state index contributed by atoms with van der Waals surface area (Å²) in [6, 6.07) is 8.52. The van der Waals surface area contributed by atoms with E-state index in [-0.39, 0.29) is 5.92 Å². The van der Waals surface area contributed by atoms with E-state index in [2.05, 4.69) is 34.1 Å². The molecule has 4 nitrogen and oxygen atoms in total. The maximum atomic E-state index is 11.4. The van der Waals surface area contributed by atoms with E-state index >= 15 is 0 Å². The Balaban J connectivity index is 1.77. The van der Waals surface area contributed by atoms with Crippen molar-refractivity contribution >= 4 is 17.3 Å². The summed E-state index contributed by atoms with van der Waals surface area (Å²) in [6.07, 6.45) is 1.05. The molecule has 0 fully saturated rings. The molecule has 1 aliphatic heterocycles. The molecule has 0 atom stereocenters. The van der Waals surface area contributed by atoms with E-state index in [1.165, 1.54) is 22.5 Å². The summed E-state index contributed by atoms with van der Waals surface area (Å²) in [5.74, 6) is -0.727. The Hall–Kier alpha value is -1.72. The predicted molar refractivity (Wildman–Crippen MR) is 87.4 cm³/mol. The first kappa shape index (κ1) is 15.2. The minimum absolute atomic E-state index is 0.137. The number of aromatic carboxylic acids is 1. The van der Waals surface area contributed by atoms with Crippen molar-refractivity contribution in [3.05, 3.63) is 51.0 Å². The fourth-order valence-electron chi connectivity index (χ4n) is 2.87. The summed E-state index contributed by atoms with van der Waals surface area (Å²) in [6.45, 7) is 6.61. The first-order valence-electron chi connectivity index (χ1n) is 7.56. The molecule has 0 unspecified atom stereocenters. The Morgan fingerprint density at radius 3 is 2.73 bits per heavy atom. The van der Waals surface area contributed by atoms with Crippen molar-refractivity contribution in [2.45, 2.75) is 39.3 Å². The fraction of sp³-hybridized carbons (Fsp3) is 0.412. The Labute approximate surface area is 134 Å². The molecule has 0 radical (unpaired) electrons. The summed E-state index contributed by atoms with van der Waals surface area (Å²) < 4.78 is 0. The topological polar surface area (TPSA) is 53.4 Å². The van der Waals surface area contributed by atoms with Gasteiger partial charge in [0.15, 0.2) is 0 Å². The van der Waals surface area contributed by atoms with Crippen LogP contribution in [0.3, 0.4) is 0 Å². The lowest BCUT2D eigenvalue weighted by atomic mass is 10.0. The zero-order chi connectivity index (χ0) is 15.7. The van der Waals surface area contributed by atoms with Gasteiger partial charge >= 0.3 is 5.97 Å². The van der Waals surface area contributed by atoms with Crippen LogP contribution in [0.15, 0.2) is 24.3 Å². The van der Waals surface area contributed by atoms with Crippen LogP contribution in [0.25, 0.3) is 0 Å². The lowest BCUT2D eigenvalue weighted by Crippen LogP contribution is -2.29. The first-order chi connectivity index (χ1) is 10.5. The number of nitrogens with zero attached hydrogens (tertiary/aromatic N) is 2. The number of carboxylic acids is 1. The second-order valence-corrected chi connectivity index (χ2v) is 7.09. The molecule has 1 aromatic heterocycles. The highest BCUT2D eigenvalue weighted by Crippen LogP contribution is 2.27. The van der Waals surface area contributed by atoms with E-state index in [4.69, 9.17) is 0 Å². The van der Waals surface area contributed by atoms with Gasteiger partial charge in [0.2, 0.25) is 0 Å². The van der Waals surface area contributed by atoms with E-state index in [9.17, 15) is 9.90 Å². The zero-order valence-corrected chi connectivity index (χ0v) is 13.7. The van der Waals surface area contributed by atoms with Crippen LogP contribution in [-0.4, -0.2) is 27.5 Å². The standard InChI is InChI=1S/C17H20N2O2S/c1-11(2)15-16(17(20)21)22-14(18-15)10-19-8-7-12-5-3-4-6-13(12)9-19/h3-6,11H,7-10H2,1-2H3,(H,20,21). The van der Waals surface area contributed by atoms with E-state index in [0.717, 1.165) is 31.1 Å². The van der Waals surface area contributed by atoms with Crippen molar-refractivity contribution in [2.75, 3.05) is 6.54 Å².